The quantitative estimate of drug-likeness (QED) is 0.395. The summed E-state index contributed by atoms with van der Waals surface area (Å²) in [7, 11) is 2.64. The zero-order valence-electron chi connectivity index (χ0n) is 21.5. The fourth-order valence-electron chi connectivity index (χ4n) is 5.99. The van der Waals surface area contributed by atoms with Gasteiger partial charge in [-0.3, -0.25) is 4.79 Å². The van der Waals surface area contributed by atoms with Crippen LogP contribution in [0.5, 0.6) is 0 Å². The van der Waals surface area contributed by atoms with E-state index in [0.29, 0.717) is 36.9 Å². The molecule has 35 heavy (non-hydrogen) atoms. The molecule has 11 heteroatoms. The van der Waals surface area contributed by atoms with Gasteiger partial charge in [-0.1, -0.05) is 22.4 Å². The lowest BCUT2D eigenvalue weighted by Gasteiger charge is -2.43. The number of alkyl halides is 1. The molecule has 3 fully saturated rings. The van der Waals surface area contributed by atoms with E-state index < -0.39 is 21.3 Å². The summed E-state index contributed by atoms with van der Waals surface area (Å²) in [6.07, 6.45) is 6.44. The molecule has 0 aromatic rings. The maximum atomic E-state index is 14.1. The highest BCUT2D eigenvalue weighted by Crippen LogP contribution is 2.35. The molecule has 0 bridgehead atoms. The van der Waals surface area contributed by atoms with Crippen LogP contribution in [0.1, 0.15) is 64.2 Å². The van der Waals surface area contributed by atoms with Crippen molar-refractivity contribution in [1.82, 2.24) is 9.62 Å². The number of carbonyl (C=O) groups is 1. The third-order valence-electron chi connectivity index (χ3n) is 8.02. The molecule has 0 heterocycles. The smallest absolute Gasteiger partial charge is 0.235 e. The molecule has 1 N–H and O–H groups in total. The largest absolute Gasteiger partial charge is 0.381 e. The van der Waals surface area contributed by atoms with Crippen LogP contribution in [0.3, 0.4) is 0 Å². The molecular weight excluding hydrogens is 540 g/mol. The van der Waals surface area contributed by atoms with Crippen molar-refractivity contribution < 1.29 is 32.2 Å². The highest BCUT2D eigenvalue weighted by Gasteiger charge is 2.46. The van der Waals surface area contributed by atoms with Gasteiger partial charge in [0.1, 0.15) is 0 Å². The molecule has 204 valence electrons. The van der Waals surface area contributed by atoms with Crippen molar-refractivity contribution in [2.75, 3.05) is 35.0 Å². The second-order valence-electron chi connectivity index (χ2n) is 10.1. The summed E-state index contributed by atoms with van der Waals surface area (Å²) in [5.41, 5.74) is 0. The number of halogens is 1. The summed E-state index contributed by atoms with van der Waals surface area (Å²) >= 11 is 3.66. The van der Waals surface area contributed by atoms with E-state index in [0.717, 1.165) is 32.1 Å². The van der Waals surface area contributed by atoms with Gasteiger partial charge in [-0.05, 0) is 57.8 Å². The molecule has 0 aromatic carbocycles. The summed E-state index contributed by atoms with van der Waals surface area (Å²) in [6.45, 7) is -0.214. The molecule has 8 unspecified atom stereocenters. The van der Waals surface area contributed by atoms with Crippen LogP contribution in [0.25, 0.3) is 0 Å². The lowest BCUT2D eigenvalue weighted by Crippen LogP contribution is -2.58. The van der Waals surface area contributed by atoms with Crippen molar-refractivity contribution in [2.24, 2.45) is 0 Å². The number of rotatable bonds is 10. The van der Waals surface area contributed by atoms with Gasteiger partial charge in [0.05, 0.1) is 42.3 Å². The van der Waals surface area contributed by atoms with Gasteiger partial charge < -0.3 is 24.3 Å². The summed E-state index contributed by atoms with van der Waals surface area (Å²) < 4.78 is 52.1. The first-order valence-corrected chi connectivity index (χ1v) is 15.2. The van der Waals surface area contributed by atoms with Gasteiger partial charge >= 0.3 is 0 Å². The van der Waals surface area contributed by atoms with Crippen molar-refractivity contribution in [3.05, 3.63) is 0 Å². The second-order valence-corrected chi connectivity index (χ2v) is 13.6. The minimum absolute atomic E-state index is 0.0523. The standard InChI is InChI=1S/C24H43BrN2O7S/c1-31-18-8-10-21(32-2)20(13-18)27(15-24(28)26-17-7-5-6-16(25)12-17)35(29,30)19-9-11-22(33-3)23(14-19)34-4/h16-23H,5-15H2,1-4H3,(H,26,28). The van der Waals surface area contributed by atoms with Crippen molar-refractivity contribution >= 4 is 31.9 Å². The minimum Gasteiger partial charge on any atom is -0.381 e. The molecule has 0 radical (unpaired) electrons. The predicted octanol–water partition coefficient (Wildman–Crippen LogP) is 2.61. The molecular formula is C24H43BrN2O7S. The fraction of sp³-hybridized carbons (Fsp3) is 0.958. The number of ether oxygens (including phenoxy) is 4. The van der Waals surface area contributed by atoms with Gasteiger partial charge in [0.15, 0.2) is 0 Å². The molecule has 3 aliphatic carbocycles. The van der Waals surface area contributed by atoms with Gasteiger partial charge in [0.25, 0.3) is 0 Å². The number of amides is 1. The Morgan fingerprint density at radius 2 is 1.54 bits per heavy atom. The molecule has 0 saturated heterocycles. The number of hydrogen-bond donors (Lipinski definition) is 1. The van der Waals surface area contributed by atoms with E-state index in [1.165, 1.54) is 4.31 Å². The molecule has 1 amide bonds. The molecule has 3 rings (SSSR count). The number of carbonyl (C=O) groups excluding carboxylic acids is 1. The first kappa shape index (κ1) is 29.3. The molecule has 9 nitrogen and oxygen atoms in total. The van der Waals surface area contributed by atoms with Crippen molar-refractivity contribution in [3.8, 4) is 0 Å². The highest BCUT2D eigenvalue weighted by atomic mass is 79.9. The van der Waals surface area contributed by atoms with E-state index in [1.807, 2.05) is 0 Å². The molecule has 3 saturated carbocycles. The van der Waals surface area contributed by atoms with E-state index in [1.54, 1.807) is 28.4 Å². The first-order chi connectivity index (χ1) is 16.7. The zero-order valence-corrected chi connectivity index (χ0v) is 23.9. The Labute approximate surface area is 219 Å². The van der Waals surface area contributed by atoms with Crippen LogP contribution in [0, 0.1) is 0 Å². The summed E-state index contributed by atoms with van der Waals surface area (Å²) in [4.78, 5) is 13.6. The van der Waals surface area contributed by atoms with E-state index in [-0.39, 0.29) is 42.9 Å². The molecule has 3 aliphatic rings. The van der Waals surface area contributed by atoms with Crippen LogP contribution >= 0.6 is 15.9 Å². The zero-order chi connectivity index (χ0) is 25.6. The third-order valence-corrected chi connectivity index (χ3v) is 11.2. The van der Waals surface area contributed by atoms with Crippen LogP contribution in [0.4, 0.5) is 0 Å². The number of nitrogens with one attached hydrogen (secondary N) is 1. The molecule has 0 aliphatic heterocycles. The maximum Gasteiger partial charge on any atom is 0.235 e. The van der Waals surface area contributed by atoms with Gasteiger partial charge in [0.2, 0.25) is 15.9 Å². The van der Waals surface area contributed by atoms with Gasteiger partial charge in [0, 0.05) is 39.3 Å². The Balaban J connectivity index is 1.84. The highest BCUT2D eigenvalue weighted by molar-refractivity contribution is 9.09. The van der Waals surface area contributed by atoms with Crippen molar-refractivity contribution in [1.29, 1.82) is 0 Å². The Morgan fingerprint density at radius 1 is 0.857 bits per heavy atom. The van der Waals surface area contributed by atoms with Crippen molar-refractivity contribution in [2.45, 2.75) is 111 Å². The Hall–Kier alpha value is -0.300. The number of nitrogens with zero attached hydrogens (tertiary/aromatic N) is 1. The minimum atomic E-state index is -3.83. The average molecular weight is 584 g/mol. The predicted molar refractivity (Wildman–Crippen MR) is 137 cm³/mol. The lowest BCUT2D eigenvalue weighted by molar-refractivity contribution is -0.123. The first-order valence-electron chi connectivity index (χ1n) is 12.8. The fourth-order valence-corrected chi connectivity index (χ4v) is 8.91. The Bertz CT molecular complexity index is 786. The normalized spacial score (nSPS) is 36.7. The Morgan fingerprint density at radius 3 is 2.17 bits per heavy atom. The van der Waals surface area contributed by atoms with E-state index in [4.69, 9.17) is 18.9 Å². The molecule has 8 atom stereocenters. The Kier molecular flexibility index (Phi) is 11.3. The number of sulfonamides is 1. The lowest BCUT2D eigenvalue weighted by atomic mass is 9.90. The monoisotopic (exact) mass is 582 g/mol. The summed E-state index contributed by atoms with van der Waals surface area (Å²) in [6, 6.07) is -0.414. The van der Waals surface area contributed by atoms with Crippen LogP contribution in [-0.2, 0) is 33.8 Å². The van der Waals surface area contributed by atoms with E-state index in [9.17, 15) is 13.2 Å². The number of hydrogen-bond acceptors (Lipinski definition) is 7. The van der Waals surface area contributed by atoms with Crippen LogP contribution in [0.2, 0.25) is 0 Å². The van der Waals surface area contributed by atoms with Gasteiger partial charge in [-0.2, -0.15) is 4.31 Å². The number of methoxy groups -OCH3 is 4. The van der Waals surface area contributed by atoms with Crippen LogP contribution < -0.4 is 5.32 Å². The molecule has 0 aromatic heterocycles. The van der Waals surface area contributed by atoms with Crippen LogP contribution in [-0.4, -0.2) is 100 Å². The summed E-state index contributed by atoms with van der Waals surface area (Å²) in [5.74, 6) is -0.261. The SMILES string of the molecule is COC1CCC(OC)C(N(CC(=O)NC2CCCC(Br)C2)S(=O)(=O)C2CCC(OC)C(OC)C2)C1. The summed E-state index contributed by atoms with van der Waals surface area (Å²) in [5, 5.41) is 2.45. The van der Waals surface area contributed by atoms with E-state index >= 15 is 0 Å². The van der Waals surface area contributed by atoms with E-state index in [2.05, 4.69) is 21.2 Å². The van der Waals surface area contributed by atoms with Crippen LogP contribution in [0.15, 0.2) is 0 Å². The third kappa shape index (κ3) is 7.39. The topological polar surface area (TPSA) is 103 Å². The maximum absolute atomic E-state index is 14.1. The average Bonchev–Trinajstić information content (AvgIpc) is 2.86. The van der Waals surface area contributed by atoms with Crippen molar-refractivity contribution in [3.63, 3.8) is 0 Å². The van der Waals surface area contributed by atoms with Gasteiger partial charge in [-0.15, -0.1) is 0 Å². The van der Waals surface area contributed by atoms with Gasteiger partial charge in [-0.25, -0.2) is 8.42 Å². The second kappa shape index (κ2) is 13.5. The molecule has 0 spiro atoms.